The third kappa shape index (κ3) is 5.09. The van der Waals surface area contributed by atoms with Crippen LogP contribution in [-0.2, 0) is 11.0 Å². The molecule has 1 aromatic carbocycles. The molecule has 2 heterocycles. The van der Waals surface area contributed by atoms with E-state index in [0.717, 1.165) is 31.0 Å². The Hall–Kier alpha value is -2.36. The number of halogens is 4. The van der Waals surface area contributed by atoms with Crippen LogP contribution in [-0.4, -0.2) is 40.3 Å². The summed E-state index contributed by atoms with van der Waals surface area (Å²) in [7, 11) is 0. The summed E-state index contributed by atoms with van der Waals surface area (Å²) in [5, 5.41) is 3.20. The van der Waals surface area contributed by atoms with Crippen LogP contribution in [0.15, 0.2) is 36.7 Å². The van der Waals surface area contributed by atoms with Crippen LogP contribution in [0.25, 0.3) is 0 Å². The second-order valence-corrected chi connectivity index (χ2v) is 6.53. The molecule has 1 atom stereocenters. The molecule has 144 valence electrons. The number of amides is 1. The summed E-state index contributed by atoms with van der Waals surface area (Å²) in [6, 6.07) is 7.25. The van der Waals surface area contributed by atoms with Crippen LogP contribution in [0.4, 0.5) is 18.9 Å². The van der Waals surface area contributed by atoms with E-state index in [1.54, 1.807) is 18.2 Å². The third-order valence-corrected chi connectivity index (χ3v) is 4.48. The lowest BCUT2D eigenvalue weighted by atomic mass is 10.2. The van der Waals surface area contributed by atoms with Gasteiger partial charge in [0, 0.05) is 30.9 Å². The van der Waals surface area contributed by atoms with Crippen molar-refractivity contribution >= 4 is 27.5 Å². The van der Waals surface area contributed by atoms with E-state index >= 15 is 0 Å². The Morgan fingerprint density at radius 3 is 2.70 bits per heavy atom. The van der Waals surface area contributed by atoms with Gasteiger partial charge in [-0.3, -0.25) is 4.79 Å². The molecule has 1 aliphatic heterocycles. The van der Waals surface area contributed by atoms with Gasteiger partial charge in [0.2, 0.25) is 11.7 Å². The quantitative estimate of drug-likeness (QED) is 0.716. The number of alkyl halides is 4. The Kier molecular flexibility index (Phi) is 5.83. The van der Waals surface area contributed by atoms with Crippen LogP contribution in [0.1, 0.15) is 12.2 Å². The maximum Gasteiger partial charge on any atom is 0.451 e. The second kappa shape index (κ2) is 8.12. The lowest BCUT2D eigenvalue weighted by molar-refractivity contribution is -0.145. The number of ether oxygens (including phenoxy) is 1. The Balaban J connectivity index is 1.65. The number of carbonyl (C=O) groups is 1. The Labute approximate surface area is 161 Å². The van der Waals surface area contributed by atoms with Gasteiger partial charge in [0.25, 0.3) is 0 Å². The molecule has 1 aromatic heterocycles. The topological polar surface area (TPSA) is 67.4 Å². The maximum absolute atomic E-state index is 12.5. The number of hydrogen-bond donors (Lipinski definition) is 1. The number of carbonyl (C=O) groups excluding carboxylic acids is 1. The maximum atomic E-state index is 12.5. The van der Waals surface area contributed by atoms with Crippen LogP contribution in [0.3, 0.4) is 0 Å². The van der Waals surface area contributed by atoms with Crippen LogP contribution >= 0.6 is 15.9 Å². The van der Waals surface area contributed by atoms with Gasteiger partial charge in [-0.25, -0.2) is 9.97 Å². The smallest absolute Gasteiger partial charge is 0.451 e. The molecule has 10 heteroatoms. The second-order valence-electron chi connectivity index (χ2n) is 5.97. The van der Waals surface area contributed by atoms with Crippen molar-refractivity contribution in [1.29, 1.82) is 0 Å². The van der Waals surface area contributed by atoms with Gasteiger partial charge in [-0.1, -0.05) is 22.0 Å². The van der Waals surface area contributed by atoms with Gasteiger partial charge in [0.1, 0.15) is 5.75 Å². The normalized spacial score (nSPS) is 17.0. The molecular formula is C17H16BrF3N4O2. The molecule has 1 fully saturated rings. The van der Waals surface area contributed by atoms with E-state index < -0.39 is 12.0 Å². The van der Waals surface area contributed by atoms with Crippen molar-refractivity contribution in [2.24, 2.45) is 0 Å². The Morgan fingerprint density at radius 2 is 2.04 bits per heavy atom. The van der Waals surface area contributed by atoms with Gasteiger partial charge in [0.15, 0.2) is 5.75 Å². The number of hydrogen-bond acceptors (Lipinski definition) is 5. The first-order valence-electron chi connectivity index (χ1n) is 8.12. The molecule has 0 saturated carbocycles. The van der Waals surface area contributed by atoms with Crippen molar-refractivity contribution in [3.63, 3.8) is 0 Å². The molecule has 3 rings (SSSR count). The van der Waals surface area contributed by atoms with Crippen molar-refractivity contribution in [2.75, 3.05) is 23.3 Å². The lowest BCUT2D eigenvalue weighted by Gasteiger charge is -2.19. The summed E-state index contributed by atoms with van der Waals surface area (Å²) in [4.78, 5) is 20.1. The summed E-state index contributed by atoms with van der Waals surface area (Å²) in [6.07, 6.45) is -1.78. The van der Waals surface area contributed by atoms with E-state index in [0.29, 0.717) is 12.3 Å². The Morgan fingerprint density at radius 1 is 1.30 bits per heavy atom. The molecule has 27 heavy (non-hydrogen) atoms. The van der Waals surface area contributed by atoms with Gasteiger partial charge in [-0.15, -0.1) is 0 Å². The molecule has 1 aliphatic rings. The highest BCUT2D eigenvalue weighted by atomic mass is 79.9. The standard InChI is InChI=1S/C17H16BrF3N4O2/c18-7-15(26)24-11-4-5-25(10-11)12-2-1-3-13(6-12)27-14-8-22-16(23-9-14)17(19,20)21/h1-3,6,8-9,11H,4-5,7,10H2,(H,24,26)/t11-/m0/s1. The van der Waals surface area contributed by atoms with Crippen molar-refractivity contribution in [2.45, 2.75) is 18.6 Å². The highest BCUT2D eigenvalue weighted by Crippen LogP contribution is 2.29. The monoisotopic (exact) mass is 444 g/mol. The molecule has 0 unspecified atom stereocenters. The fourth-order valence-electron chi connectivity index (χ4n) is 2.77. The predicted octanol–water partition coefficient (Wildman–Crippen LogP) is 3.38. The molecule has 0 spiro atoms. The minimum absolute atomic E-state index is 0.0544. The van der Waals surface area contributed by atoms with Crippen molar-refractivity contribution < 1.29 is 22.7 Å². The van der Waals surface area contributed by atoms with Crippen molar-refractivity contribution in [3.8, 4) is 11.5 Å². The minimum atomic E-state index is -4.59. The third-order valence-electron chi connectivity index (χ3n) is 3.97. The minimum Gasteiger partial charge on any atom is -0.454 e. The molecule has 1 saturated heterocycles. The zero-order valence-electron chi connectivity index (χ0n) is 14.0. The average molecular weight is 445 g/mol. The molecule has 0 bridgehead atoms. The number of anilines is 1. The molecule has 6 nitrogen and oxygen atoms in total. The van der Waals surface area contributed by atoms with Crippen molar-refractivity contribution in [3.05, 3.63) is 42.5 Å². The SMILES string of the molecule is O=C(CBr)N[C@H]1CCN(c2cccc(Oc3cnc(C(F)(F)F)nc3)c2)C1. The van der Waals surface area contributed by atoms with Crippen LogP contribution in [0.2, 0.25) is 0 Å². The predicted molar refractivity (Wildman–Crippen MR) is 96.1 cm³/mol. The number of nitrogens with zero attached hydrogens (tertiary/aromatic N) is 3. The van der Waals surface area contributed by atoms with Crippen LogP contribution in [0, 0.1) is 0 Å². The first-order valence-corrected chi connectivity index (χ1v) is 9.25. The van der Waals surface area contributed by atoms with E-state index in [9.17, 15) is 18.0 Å². The van der Waals surface area contributed by atoms with E-state index in [1.807, 2.05) is 6.07 Å². The van der Waals surface area contributed by atoms with Gasteiger partial charge >= 0.3 is 6.18 Å². The van der Waals surface area contributed by atoms with E-state index in [-0.39, 0.29) is 23.0 Å². The van der Waals surface area contributed by atoms with E-state index in [1.165, 1.54) is 0 Å². The molecule has 1 N–H and O–H groups in total. The highest BCUT2D eigenvalue weighted by Gasteiger charge is 2.34. The van der Waals surface area contributed by atoms with E-state index in [2.05, 4.69) is 36.1 Å². The zero-order chi connectivity index (χ0) is 19.4. The van der Waals surface area contributed by atoms with Crippen molar-refractivity contribution in [1.82, 2.24) is 15.3 Å². The number of aromatic nitrogens is 2. The van der Waals surface area contributed by atoms with Gasteiger partial charge < -0.3 is 15.0 Å². The molecular weight excluding hydrogens is 429 g/mol. The highest BCUT2D eigenvalue weighted by molar-refractivity contribution is 9.09. The summed E-state index contributed by atoms with van der Waals surface area (Å²) >= 11 is 3.12. The molecule has 1 amide bonds. The number of nitrogens with one attached hydrogen (secondary N) is 1. The first kappa shape index (κ1) is 19.4. The number of rotatable bonds is 5. The molecule has 2 aromatic rings. The first-order chi connectivity index (χ1) is 12.8. The van der Waals surface area contributed by atoms with Gasteiger partial charge in [-0.2, -0.15) is 13.2 Å². The fourth-order valence-corrected chi connectivity index (χ4v) is 2.94. The Bertz CT molecular complexity index is 802. The summed E-state index contributed by atoms with van der Waals surface area (Å²) in [6.45, 7) is 1.45. The van der Waals surface area contributed by atoms with Crippen LogP contribution < -0.4 is 15.0 Å². The van der Waals surface area contributed by atoms with E-state index in [4.69, 9.17) is 4.74 Å². The van der Waals surface area contributed by atoms with Crippen LogP contribution in [0.5, 0.6) is 11.5 Å². The average Bonchev–Trinajstić information content (AvgIpc) is 3.10. The lowest BCUT2D eigenvalue weighted by Crippen LogP contribution is -2.37. The summed E-state index contributed by atoms with van der Waals surface area (Å²) in [5.41, 5.74) is 0.899. The summed E-state index contributed by atoms with van der Waals surface area (Å²) in [5.74, 6) is -0.689. The molecule has 0 aliphatic carbocycles. The largest absolute Gasteiger partial charge is 0.454 e. The van der Waals surface area contributed by atoms with Gasteiger partial charge in [-0.05, 0) is 18.6 Å². The zero-order valence-corrected chi connectivity index (χ0v) is 15.6. The fraction of sp³-hybridized carbons (Fsp3) is 0.353. The van der Waals surface area contributed by atoms with Gasteiger partial charge in [0.05, 0.1) is 17.7 Å². The number of benzene rings is 1. The summed E-state index contributed by atoms with van der Waals surface area (Å²) < 4.78 is 43.1. The molecule has 0 radical (unpaired) electrons.